The smallest absolute Gasteiger partial charge is 0.0931 e. The zero-order chi connectivity index (χ0) is 12.4. The highest BCUT2D eigenvalue weighted by Crippen LogP contribution is 2.37. The van der Waals surface area contributed by atoms with E-state index in [0.29, 0.717) is 6.04 Å². The average Bonchev–Trinajstić information content (AvgIpc) is 3.04. The van der Waals surface area contributed by atoms with Crippen molar-refractivity contribution in [3.05, 3.63) is 43.7 Å². The molecule has 1 atom stereocenters. The molecule has 3 heterocycles. The molecule has 0 amide bonds. The van der Waals surface area contributed by atoms with Gasteiger partial charge in [-0.3, -0.25) is 4.90 Å². The number of nitrogens with zero attached hydrogens (tertiary/aromatic N) is 1. The van der Waals surface area contributed by atoms with Gasteiger partial charge in [-0.1, -0.05) is 17.7 Å². The first-order valence-electron chi connectivity index (χ1n) is 6.08. The molecule has 1 N–H and O–H groups in total. The van der Waals surface area contributed by atoms with E-state index in [-0.39, 0.29) is 0 Å². The lowest BCUT2D eigenvalue weighted by Crippen LogP contribution is -2.45. The van der Waals surface area contributed by atoms with Gasteiger partial charge in [-0.05, 0) is 23.6 Å². The zero-order valence-corrected chi connectivity index (χ0v) is 12.3. The molecule has 18 heavy (non-hydrogen) atoms. The molecule has 96 valence electrons. The van der Waals surface area contributed by atoms with E-state index in [1.807, 2.05) is 17.4 Å². The molecule has 2 aromatic rings. The molecule has 0 aliphatic carbocycles. The van der Waals surface area contributed by atoms with Crippen molar-refractivity contribution >= 4 is 34.3 Å². The topological polar surface area (TPSA) is 15.3 Å². The standard InChI is InChI=1S/C13H15ClN2S2/c14-12-4-3-11(18-12)13(10-2-1-9-17-10)16-7-5-15-6-8-16/h1-4,9,13,15H,5-8H2/t13-/m0/s1. The first kappa shape index (κ1) is 12.6. The van der Waals surface area contributed by atoms with Crippen molar-refractivity contribution in [2.75, 3.05) is 26.2 Å². The highest BCUT2D eigenvalue weighted by molar-refractivity contribution is 7.16. The molecule has 1 saturated heterocycles. The van der Waals surface area contributed by atoms with Gasteiger partial charge in [-0.2, -0.15) is 0 Å². The molecular formula is C13H15ClN2S2. The van der Waals surface area contributed by atoms with Gasteiger partial charge in [0.25, 0.3) is 0 Å². The minimum Gasteiger partial charge on any atom is -0.314 e. The molecule has 0 radical (unpaired) electrons. The lowest BCUT2D eigenvalue weighted by molar-refractivity contribution is 0.203. The zero-order valence-electron chi connectivity index (χ0n) is 9.93. The molecule has 1 aliphatic heterocycles. The third-order valence-corrected chi connectivity index (χ3v) is 5.40. The quantitative estimate of drug-likeness (QED) is 0.933. The van der Waals surface area contributed by atoms with Crippen molar-refractivity contribution in [2.24, 2.45) is 0 Å². The maximum atomic E-state index is 6.10. The molecule has 5 heteroatoms. The summed E-state index contributed by atoms with van der Waals surface area (Å²) in [5.41, 5.74) is 0. The number of piperazine rings is 1. The number of halogens is 1. The van der Waals surface area contributed by atoms with E-state index >= 15 is 0 Å². The predicted octanol–water partition coefficient (Wildman–Crippen LogP) is 3.46. The van der Waals surface area contributed by atoms with Gasteiger partial charge < -0.3 is 5.32 Å². The molecule has 1 aliphatic rings. The Hall–Kier alpha value is -0.390. The van der Waals surface area contributed by atoms with Gasteiger partial charge in [0.2, 0.25) is 0 Å². The summed E-state index contributed by atoms with van der Waals surface area (Å²) >= 11 is 9.62. The van der Waals surface area contributed by atoms with Crippen molar-refractivity contribution in [1.82, 2.24) is 10.2 Å². The SMILES string of the molecule is Clc1ccc([C@H](c2cccs2)N2CCNCC2)s1. The van der Waals surface area contributed by atoms with Crippen LogP contribution in [0, 0.1) is 0 Å². The lowest BCUT2D eigenvalue weighted by Gasteiger charge is -2.33. The van der Waals surface area contributed by atoms with Crippen LogP contribution >= 0.6 is 34.3 Å². The summed E-state index contributed by atoms with van der Waals surface area (Å²) in [6, 6.07) is 8.91. The summed E-state index contributed by atoms with van der Waals surface area (Å²) in [6.45, 7) is 4.33. The summed E-state index contributed by atoms with van der Waals surface area (Å²) < 4.78 is 0.877. The molecule has 2 nitrogen and oxygen atoms in total. The lowest BCUT2D eigenvalue weighted by atomic mass is 10.1. The van der Waals surface area contributed by atoms with Gasteiger partial charge >= 0.3 is 0 Å². The second-order valence-electron chi connectivity index (χ2n) is 4.35. The molecule has 3 rings (SSSR count). The Kier molecular flexibility index (Phi) is 4.01. The van der Waals surface area contributed by atoms with Crippen molar-refractivity contribution < 1.29 is 0 Å². The van der Waals surface area contributed by atoms with Crippen LogP contribution in [0.4, 0.5) is 0 Å². The third kappa shape index (κ3) is 2.63. The summed E-state index contributed by atoms with van der Waals surface area (Å²) in [5.74, 6) is 0. The summed E-state index contributed by atoms with van der Waals surface area (Å²) in [7, 11) is 0. The van der Waals surface area contributed by atoms with Gasteiger partial charge in [-0.15, -0.1) is 22.7 Å². The molecular weight excluding hydrogens is 284 g/mol. The minimum atomic E-state index is 0.379. The fourth-order valence-corrected chi connectivity index (χ4v) is 4.53. The second kappa shape index (κ2) is 5.72. The van der Waals surface area contributed by atoms with Crippen LogP contribution in [-0.2, 0) is 0 Å². The molecule has 1 fully saturated rings. The van der Waals surface area contributed by atoms with Gasteiger partial charge in [0.15, 0.2) is 0 Å². The second-order valence-corrected chi connectivity index (χ2v) is 7.07. The maximum absolute atomic E-state index is 6.10. The van der Waals surface area contributed by atoms with E-state index in [1.165, 1.54) is 9.75 Å². The predicted molar refractivity (Wildman–Crippen MR) is 79.9 cm³/mol. The highest BCUT2D eigenvalue weighted by atomic mass is 35.5. The van der Waals surface area contributed by atoms with Crippen LogP contribution in [0.5, 0.6) is 0 Å². The molecule has 0 unspecified atom stereocenters. The van der Waals surface area contributed by atoms with Crippen LogP contribution in [0.25, 0.3) is 0 Å². The van der Waals surface area contributed by atoms with Gasteiger partial charge in [0, 0.05) is 35.9 Å². The normalized spacial score (nSPS) is 18.9. The number of hydrogen-bond donors (Lipinski definition) is 1. The summed E-state index contributed by atoms with van der Waals surface area (Å²) in [5, 5.41) is 5.56. The fraction of sp³-hybridized carbons (Fsp3) is 0.385. The van der Waals surface area contributed by atoms with E-state index in [9.17, 15) is 0 Å². The number of rotatable bonds is 3. The Balaban J connectivity index is 1.92. The van der Waals surface area contributed by atoms with E-state index < -0.39 is 0 Å². The van der Waals surface area contributed by atoms with Crippen molar-refractivity contribution in [1.29, 1.82) is 0 Å². The van der Waals surface area contributed by atoms with Crippen molar-refractivity contribution in [2.45, 2.75) is 6.04 Å². The molecule has 0 aromatic carbocycles. The molecule has 2 aromatic heterocycles. The van der Waals surface area contributed by atoms with Gasteiger partial charge in [0.1, 0.15) is 0 Å². The first-order chi connectivity index (χ1) is 8.84. The Morgan fingerprint density at radius 3 is 2.61 bits per heavy atom. The van der Waals surface area contributed by atoms with Crippen molar-refractivity contribution in [3.8, 4) is 0 Å². The van der Waals surface area contributed by atoms with Crippen LogP contribution in [0.1, 0.15) is 15.8 Å². The third-order valence-electron chi connectivity index (χ3n) is 3.19. The Morgan fingerprint density at radius 2 is 2.00 bits per heavy atom. The van der Waals surface area contributed by atoms with E-state index in [1.54, 1.807) is 11.3 Å². The number of hydrogen-bond acceptors (Lipinski definition) is 4. The van der Waals surface area contributed by atoms with E-state index in [0.717, 1.165) is 30.5 Å². The van der Waals surface area contributed by atoms with Crippen LogP contribution in [0.3, 0.4) is 0 Å². The number of nitrogens with one attached hydrogen (secondary N) is 1. The largest absolute Gasteiger partial charge is 0.314 e. The van der Waals surface area contributed by atoms with Gasteiger partial charge in [0.05, 0.1) is 10.4 Å². The molecule has 0 spiro atoms. The maximum Gasteiger partial charge on any atom is 0.0931 e. The van der Waals surface area contributed by atoms with Gasteiger partial charge in [-0.25, -0.2) is 0 Å². The Labute approximate surface area is 120 Å². The first-order valence-corrected chi connectivity index (χ1v) is 8.15. The molecule has 0 saturated carbocycles. The monoisotopic (exact) mass is 298 g/mol. The molecule has 0 bridgehead atoms. The minimum absolute atomic E-state index is 0.379. The summed E-state index contributed by atoms with van der Waals surface area (Å²) in [4.78, 5) is 5.31. The van der Waals surface area contributed by atoms with Crippen LogP contribution < -0.4 is 5.32 Å². The average molecular weight is 299 g/mol. The van der Waals surface area contributed by atoms with Crippen LogP contribution in [-0.4, -0.2) is 31.1 Å². The number of thiophene rings is 2. The fourth-order valence-electron chi connectivity index (χ4n) is 2.36. The highest BCUT2D eigenvalue weighted by Gasteiger charge is 2.25. The van der Waals surface area contributed by atoms with E-state index in [4.69, 9.17) is 11.6 Å². The van der Waals surface area contributed by atoms with Crippen molar-refractivity contribution in [3.63, 3.8) is 0 Å². The Bertz CT molecular complexity index is 489. The van der Waals surface area contributed by atoms with Crippen LogP contribution in [0.15, 0.2) is 29.6 Å². The van der Waals surface area contributed by atoms with E-state index in [2.05, 4.69) is 33.8 Å². The summed E-state index contributed by atoms with van der Waals surface area (Å²) in [6.07, 6.45) is 0. The Morgan fingerprint density at radius 1 is 1.17 bits per heavy atom. The van der Waals surface area contributed by atoms with Crippen LogP contribution in [0.2, 0.25) is 4.34 Å².